The molecule has 4 heterocycles. The first-order valence-electron chi connectivity index (χ1n) is 28.5. The lowest BCUT2D eigenvalue weighted by Crippen LogP contribution is -2.58. The van der Waals surface area contributed by atoms with Crippen molar-refractivity contribution in [2.24, 2.45) is 22.7 Å². The predicted molar refractivity (Wildman–Crippen MR) is 337 cm³/mol. The van der Waals surface area contributed by atoms with E-state index in [4.69, 9.17) is 29.2 Å². The summed E-state index contributed by atoms with van der Waals surface area (Å²) in [6.45, 7) is 21.8. The fourth-order valence-electron chi connectivity index (χ4n) is 10.2. The lowest BCUT2D eigenvalue weighted by molar-refractivity contribution is -0.152. The molecule has 2 saturated heterocycles. The number of aliphatic carboxylic acids is 1. The van der Waals surface area contributed by atoms with Crippen LogP contribution in [0, 0.1) is 36.5 Å². The molecule has 8 N–H and O–H groups in total. The van der Waals surface area contributed by atoms with Gasteiger partial charge in [0.05, 0.1) is 37.8 Å². The average molecular weight is 1320 g/mol. The second kappa shape index (κ2) is 28.5. The van der Waals surface area contributed by atoms with Crippen molar-refractivity contribution in [2.45, 2.75) is 129 Å². The van der Waals surface area contributed by atoms with Crippen LogP contribution < -0.4 is 44.3 Å². The largest absolute Gasteiger partial charge is 0.496 e. The maximum absolute atomic E-state index is 13.8. The van der Waals surface area contributed by atoms with E-state index in [1.807, 2.05) is 41.5 Å². The number of likely N-dealkylation sites (tertiary alicyclic amines) is 1. The number of aryl methyl sites for hydroxylation is 2. The van der Waals surface area contributed by atoms with Crippen molar-refractivity contribution in [3.8, 4) is 23.0 Å². The minimum Gasteiger partial charge on any atom is -0.496 e. The number of halogens is 1. The summed E-state index contributed by atoms with van der Waals surface area (Å²) in [5.74, 6) is -2.92. The Labute approximate surface area is 531 Å². The first kappa shape index (κ1) is 73.5. The van der Waals surface area contributed by atoms with E-state index in [-0.39, 0.29) is 50.2 Å². The van der Waals surface area contributed by atoms with Crippen LogP contribution in [0.5, 0.6) is 23.0 Å². The highest BCUT2D eigenvalue weighted by molar-refractivity contribution is 7.88. The van der Waals surface area contributed by atoms with Crippen molar-refractivity contribution >= 4 is 90.1 Å². The number of aliphatic hydroxyl groups is 2. The van der Waals surface area contributed by atoms with Gasteiger partial charge in [0.25, 0.3) is 17.7 Å². The third kappa shape index (κ3) is 16.3. The third-order valence-electron chi connectivity index (χ3n) is 16.0. The van der Waals surface area contributed by atoms with E-state index in [0.29, 0.717) is 35.7 Å². The number of carboxylic acids is 1. The number of aliphatic hydroxyl groups excluding tert-OH is 2. The van der Waals surface area contributed by atoms with Gasteiger partial charge in [-0.3, -0.25) is 33.9 Å². The molecule has 496 valence electrons. The van der Waals surface area contributed by atoms with E-state index in [1.165, 1.54) is 39.2 Å². The Morgan fingerprint density at radius 3 is 1.47 bits per heavy atom. The fraction of sp³-hybridized carbons (Fsp3) is 0.533. The number of hydrogen-bond donors (Lipinski definition) is 8. The third-order valence-corrected chi connectivity index (χ3v) is 18.9. The molecule has 0 bridgehead atoms. The molecule has 2 aromatic carbocycles. The van der Waals surface area contributed by atoms with Crippen LogP contribution in [-0.4, -0.2) is 194 Å². The van der Waals surface area contributed by atoms with Crippen molar-refractivity contribution in [2.75, 3.05) is 55.5 Å². The molecule has 90 heavy (non-hydrogen) atoms. The van der Waals surface area contributed by atoms with E-state index in [9.17, 15) is 50.7 Å². The summed E-state index contributed by atoms with van der Waals surface area (Å²) in [4.78, 5) is 86.8. The number of carbonyl (C=O) groups excluding carboxylic acids is 5. The van der Waals surface area contributed by atoms with Gasteiger partial charge in [-0.25, -0.2) is 14.2 Å². The molecule has 4 aliphatic rings. The van der Waals surface area contributed by atoms with Crippen molar-refractivity contribution in [1.29, 1.82) is 0 Å². The van der Waals surface area contributed by atoms with Crippen LogP contribution in [0.3, 0.4) is 0 Å². The van der Waals surface area contributed by atoms with E-state index in [0.717, 1.165) is 41.8 Å². The summed E-state index contributed by atoms with van der Waals surface area (Å²) >= 11 is 0. The molecule has 10 atom stereocenters. The Morgan fingerprint density at radius 1 is 0.678 bits per heavy atom. The van der Waals surface area contributed by atoms with E-state index in [1.54, 1.807) is 92.4 Å². The topological polar surface area (TPSA) is 364 Å². The summed E-state index contributed by atoms with van der Waals surface area (Å²) in [7, 11) is 0.215. The molecule has 2 saturated carbocycles. The number of rotatable bonds is 20. The van der Waals surface area contributed by atoms with Gasteiger partial charge >= 0.3 is 26.4 Å². The van der Waals surface area contributed by atoms with Gasteiger partial charge < -0.3 is 55.1 Å². The number of carbonyl (C=O) groups is 6. The number of carboxylic acid groups (broad SMARTS) is 1. The zero-order chi connectivity index (χ0) is 66.7. The number of methoxy groups -OCH3 is 2. The van der Waals surface area contributed by atoms with Crippen LogP contribution in [0.4, 0.5) is 0 Å². The number of amides is 5. The molecular formula is C60H85ClN10O17S2. The number of aromatic nitrogens is 2. The first-order valence-corrected chi connectivity index (χ1v) is 31.4. The first-order chi connectivity index (χ1) is 41.3. The van der Waals surface area contributed by atoms with Crippen molar-refractivity contribution in [3.63, 3.8) is 0 Å². The lowest BCUT2D eigenvalue weighted by atomic mass is 9.88. The van der Waals surface area contributed by atoms with Crippen molar-refractivity contribution < 1.29 is 79.9 Å². The van der Waals surface area contributed by atoms with Crippen LogP contribution in [0.1, 0.15) is 78.4 Å². The Balaban J connectivity index is 0.000000289. The summed E-state index contributed by atoms with van der Waals surface area (Å²) in [5, 5.41) is 38.2. The van der Waals surface area contributed by atoms with Gasteiger partial charge in [0.2, 0.25) is 11.8 Å². The number of ether oxygens (including phenoxy) is 4. The highest BCUT2D eigenvalue weighted by Gasteiger charge is 2.62. The fourth-order valence-corrected chi connectivity index (χ4v) is 11.4. The zero-order valence-corrected chi connectivity index (χ0v) is 55.5. The van der Waals surface area contributed by atoms with Crippen LogP contribution in [0.2, 0.25) is 0 Å². The molecule has 2 aromatic heterocycles. The molecule has 5 amide bonds. The second-order valence-corrected chi connectivity index (χ2v) is 28.7. The van der Waals surface area contributed by atoms with E-state index in [2.05, 4.69) is 39.1 Å². The van der Waals surface area contributed by atoms with Crippen LogP contribution in [0.25, 0.3) is 21.8 Å². The SMILES string of the molecule is C=C[C@@H]1C[C@]1(NC(=O)[C@@H]1C[C@@H](Oc2ccnc3c(C)c(OC)ccc23)CN1)C(=O)NS(=O)(=O)N(C)C.C=C[C@@H]1C[C@]1(NC(=O)[C@@H]1C[C@@H](Oc2ccnc3c(C)c(OC)ccc23)CN1C(=O)[C@@H](O)C(C)(C)C)C(=O)NS(=O)(=O)N(C)C.CC(C)(C)C(O)C(=O)O.Cl. The summed E-state index contributed by atoms with van der Waals surface area (Å²) in [6, 6.07) is 9.14. The van der Waals surface area contributed by atoms with Crippen LogP contribution in [-0.2, 0) is 49.2 Å². The van der Waals surface area contributed by atoms with E-state index >= 15 is 0 Å². The molecular weight excluding hydrogens is 1230 g/mol. The van der Waals surface area contributed by atoms with Gasteiger partial charge in [-0.2, -0.15) is 25.4 Å². The summed E-state index contributed by atoms with van der Waals surface area (Å²) in [5.41, 5.74) is -1.11. The Morgan fingerprint density at radius 2 is 1.10 bits per heavy atom. The number of fused-ring (bicyclic) bond motifs is 2. The highest BCUT2D eigenvalue weighted by Crippen LogP contribution is 2.46. The summed E-state index contributed by atoms with van der Waals surface area (Å²) < 4.78 is 78.1. The van der Waals surface area contributed by atoms with Crippen molar-refractivity contribution in [1.82, 2.24) is 48.9 Å². The molecule has 2 aliphatic carbocycles. The highest BCUT2D eigenvalue weighted by atomic mass is 35.5. The number of nitrogens with one attached hydrogen (secondary N) is 5. The van der Waals surface area contributed by atoms with Crippen LogP contribution in [0.15, 0.2) is 74.1 Å². The Bertz CT molecular complexity index is 3620. The maximum atomic E-state index is 13.8. The standard InChI is InChI=1S/C30H41N5O8S.C24H31N5O6S.C6H12O3.ClH/c1-9-18-15-30(18,28(39)33-44(40,41)34(6)7)32-26(37)21-14-19(16-35(21)27(38)25(36)29(3,4)5)43-23-12-13-31-24-17(2)22(42-8)11-10-20(23)24;1-6-15-12-24(15,23(31)28-36(32,33)29(3)4)27-22(30)18-11-16(13-26-18)35-20-9-10-25-21-14(2)19(34-5)8-7-17(20)21;1-6(2,3)4(7)5(8)9;/h9-13,18-19,21,25,36H,1,14-16H2,2-8H3,(H,32,37)(H,33,39);6-10,15-16,18,26H,1,11-13H2,2-5H3,(H,27,30)(H,28,31);4,7H,1-3H3,(H,8,9);1H/t18-,19-,21+,25-,30-;15-,16-,18+,24-;;/m11../s1. The molecule has 27 nitrogen and oxygen atoms in total. The quantitative estimate of drug-likeness (QED) is 0.0590. The maximum Gasteiger partial charge on any atom is 0.333 e. The van der Waals surface area contributed by atoms with Gasteiger partial charge in [0, 0.05) is 93.7 Å². The normalized spacial score (nSPS) is 23.5. The van der Waals surface area contributed by atoms with Crippen molar-refractivity contribution in [3.05, 3.63) is 85.2 Å². The number of pyridine rings is 2. The minimum atomic E-state index is -4.13. The average Bonchev–Trinajstić information content (AvgIpc) is 1.58. The predicted octanol–water partition coefficient (Wildman–Crippen LogP) is 2.84. The molecule has 2 aliphatic heterocycles. The van der Waals surface area contributed by atoms with Gasteiger partial charge in [-0.15, -0.1) is 25.6 Å². The van der Waals surface area contributed by atoms with E-state index < -0.39 is 114 Å². The molecule has 0 radical (unpaired) electrons. The van der Waals surface area contributed by atoms with Gasteiger partial charge in [-0.1, -0.05) is 53.7 Å². The van der Waals surface area contributed by atoms with Gasteiger partial charge in [0.15, 0.2) is 6.10 Å². The Hall–Kier alpha value is -7.25. The van der Waals surface area contributed by atoms with Gasteiger partial charge in [-0.05, 0) is 73.9 Å². The summed E-state index contributed by atoms with van der Waals surface area (Å²) in [6.07, 6.45) is 3.49. The molecule has 1 unspecified atom stereocenters. The number of nitrogens with zero attached hydrogens (tertiary/aromatic N) is 5. The van der Waals surface area contributed by atoms with Gasteiger partial charge in [0.1, 0.15) is 58.4 Å². The smallest absolute Gasteiger partial charge is 0.333 e. The lowest BCUT2D eigenvalue weighted by Gasteiger charge is -2.32. The second-order valence-electron chi connectivity index (χ2n) is 24.9. The minimum absolute atomic E-state index is 0. The number of hydrogen-bond acceptors (Lipinski definition) is 19. The molecule has 4 aromatic rings. The monoisotopic (exact) mass is 1320 g/mol. The Kier molecular flexibility index (Phi) is 23.3. The molecule has 30 heteroatoms. The zero-order valence-electron chi connectivity index (χ0n) is 53.1. The molecule has 8 rings (SSSR count). The molecule has 4 fully saturated rings. The number of benzene rings is 2. The molecule has 0 spiro atoms. The van der Waals surface area contributed by atoms with Crippen LogP contribution >= 0.6 is 12.4 Å².